The number of carboxylic acids is 1. The fraction of sp³-hybridized carbons (Fsp3) is 0.409. The van der Waals surface area contributed by atoms with Crippen LogP contribution in [0.5, 0.6) is 0 Å². The van der Waals surface area contributed by atoms with Gasteiger partial charge in [0.1, 0.15) is 0 Å². The van der Waals surface area contributed by atoms with Crippen LogP contribution in [0.15, 0.2) is 54.6 Å². The van der Waals surface area contributed by atoms with E-state index in [9.17, 15) is 4.79 Å². The molecule has 0 fully saturated rings. The molecule has 1 unspecified atom stereocenters. The summed E-state index contributed by atoms with van der Waals surface area (Å²) in [5.74, 6) is -0.870. The number of rotatable bonds is 10. The zero-order valence-electron chi connectivity index (χ0n) is 15.3. The molecule has 3 heteroatoms. The van der Waals surface area contributed by atoms with Gasteiger partial charge in [0.25, 0.3) is 0 Å². The summed E-state index contributed by atoms with van der Waals surface area (Å²) in [5.41, 5.74) is 2.90. The lowest BCUT2D eigenvalue weighted by molar-refractivity contribution is 0.0697. The van der Waals surface area contributed by atoms with E-state index in [0.29, 0.717) is 11.6 Å². The van der Waals surface area contributed by atoms with Crippen LogP contribution in [0.3, 0.4) is 0 Å². The Hall–Kier alpha value is -2.13. The molecule has 0 saturated carbocycles. The fourth-order valence-electron chi connectivity index (χ4n) is 3.30. The van der Waals surface area contributed by atoms with Crippen molar-refractivity contribution in [1.29, 1.82) is 0 Å². The average molecular weight is 339 g/mol. The third-order valence-electron chi connectivity index (χ3n) is 4.55. The van der Waals surface area contributed by atoms with Crippen molar-refractivity contribution in [1.82, 2.24) is 4.90 Å². The van der Waals surface area contributed by atoms with Crippen molar-refractivity contribution in [3.05, 3.63) is 71.3 Å². The fourth-order valence-corrected chi connectivity index (χ4v) is 3.30. The third-order valence-corrected chi connectivity index (χ3v) is 4.55. The smallest absolute Gasteiger partial charge is 0.335 e. The summed E-state index contributed by atoms with van der Waals surface area (Å²) in [6, 6.07) is 18.5. The number of aromatic carboxylic acids is 1. The molecule has 1 N–H and O–H groups in total. The molecule has 0 saturated heterocycles. The lowest BCUT2D eigenvalue weighted by atomic mass is 9.99. The molecular weight excluding hydrogens is 310 g/mol. The monoisotopic (exact) mass is 339 g/mol. The van der Waals surface area contributed by atoms with Gasteiger partial charge in [0.2, 0.25) is 0 Å². The first-order valence-electron chi connectivity index (χ1n) is 9.24. The Morgan fingerprint density at radius 2 is 1.64 bits per heavy atom. The van der Waals surface area contributed by atoms with E-state index < -0.39 is 5.97 Å². The van der Waals surface area contributed by atoms with Crippen molar-refractivity contribution in [2.24, 2.45) is 0 Å². The van der Waals surface area contributed by atoms with Crippen molar-refractivity contribution in [3.63, 3.8) is 0 Å². The molecular formula is C22H29NO2. The molecule has 134 valence electrons. The van der Waals surface area contributed by atoms with Gasteiger partial charge in [-0.3, -0.25) is 4.90 Å². The number of hydrogen-bond acceptors (Lipinski definition) is 2. The van der Waals surface area contributed by atoms with Crippen LogP contribution in [-0.4, -0.2) is 28.6 Å². The summed E-state index contributed by atoms with van der Waals surface area (Å²) in [6.07, 6.45) is 4.50. The van der Waals surface area contributed by atoms with Crippen LogP contribution in [0, 0.1) is 0 Å². The van der Waals surface area contributed by atoms with Crippen molar-refractivity contribution in [2.45, 2.75) is 52.1 Å². The molecule has 0 aliphatic rings. The Bertz CT molecular complexity index is 637. The first kappa shape index (κ1) is 19.2. The van der Waals surface area contributed by atoms with E-state index in [1.165, 1.54) is 17.5 Å². The minimum absolute atomic E-state index is 0.347. The zero-order chi connectivity index (χ0) is 18.1. The number of benzene rings is 2. The Morgan fingerprint density at radius 3 is 2.20 bits per heavy atom. The highest BCUT2D eigenvalue weighted by molar-refractivity contribution is 5.87. The van der Waals surface area contributed by atoms with Crippen LogP contribution in [0.1, 0.15) is 54.6 Å². The largest absolute Gasteiger partial charge is 0.478 e. The average Bonchev–Trinajstić information content (AvgIpc) is 2.62. The summed E-state index contributed by atoms with van der Waals surface area (Å²) in [4.78, 5) is 13.6. The van der Waals surface area contributed by atoms with Gasteiger partial charge in [-0.05, 0) is 49.1 Å². The van der Waals surface area contributed by atoms with Crippen LogP contribution in [0.2, 0.25) is 0 Å². The maximum atomic E-state index is 11.0. The Labute approximate surface area is 151 Å². The van der Waals surface area contributed by atoms with Crippen LogP contribution in [-0.2, 0) is 13.0 Å². The normalized spacial score (nSPS) is 12.3. The van der Waals surface area contributed by atoms with Crippen LogP contribution in [0.25, 0.3) is 0 Å². The molecule has 2 aromatic rings. The number of hydrogen-bond donors (Lipinski definition) is 1. The topological polar surface area (TPSA) is 40.5 Å². The standard InChI is InChI=1S/C22H29NO2/c1-3-8-21(16-18-9-6-5-7-10-18)23(15-4-2)17-19-11-13-20(14-12-19)22(24)25/h5-7,9-14,21H,3-4,8,15-17H2,1-2H3,(H,24,25). The van der Waals surface area contributed by atoms with E-state index in [2.05, 4.69) is 49.1 Å². The number of carboxylic acid groups (broad SMARTS) is 1. The second kappa shape index (κ2) is 10.00. The van der Waals surface area contributed by atoms with E-state index in [0.717, 1.165) is 32.4 Å². The Morgan fingerprint density at radius 1 is 0.960 bits per heavy atom. The third kappa shape index (κ3) is 6.02. The van der Waals surface area contributed by atoms with E-state index in [1.807, 2.05) is 12.1 Å². The summed E-state index contributed by atoms with van der Waals surface area (Å²) < 4.78 is 0. The van der Waals surface area contributed by atoms with E-state index in [4.69, 9.17) is 5.11 Å². The number of carbonyl (C=O) groups is 1. The first-order valence-corrected chi connectivity index (χ1v) is 9.24. The molecule has 25 heavy (non-hydrogen) atoms. The molecule has 0 aromatic heterocycles. The van der Waals surface area contributed by atoms with Gasteiger partial charge >= 0.3 is 5.97 Å². The zero-order valence-corrected chi connectivity index (χ0v) is 15.3. The van der Waals surface area contributed by atoms with Gasteiger partial charge < -0.3 is 5.11 Å². The maximum Gasteiger partial charge on any atom is 0.335 e. The first-order chi connectivity index (χ1) is 12.1. The molecule has 0 radical (unpaired) electrons. The molecule has 0 heterocycles. The highest BCUT2D eigenvalue weighted by atomic mass is 16.4. The minimum atomic E-state index is -0.870. The lowest BCUT2D eigenvalue weighted by Crippen LogP contribution is -2.37. The molecule has 2 rings (SSSR count). The summed E-state index contributed by atoms with van der Waals surface area (Å²) >= 11 is 0. The molecule has 0 amide bonds. The van der Waals surface area contributed by atoms with Crippen LogP contribution in [0.4, 0.5) is 0 Å². The van der Waals surface area contributed by atoms with Crippen molar-refractivity contribution in [2.75, 3.05) is 6.54 Å². The molecule has 0 bridgehead atoms. The van der Waals surface area contributed by atoms with Crippen molar-refractivity contribution in [3.8, 4) is 0 Å². The van der Waals surface area contributed by atoms with Crippen LogP contribution >= 0.6 is 0 Å². The predicted octanol–water partition coefficient (Wildman–Crippen LogP) is 5.01. The summed E-state index contributed by atoms with van der Waals surface area (Å²) in [6.45, 7) is 6.37. The highest BCUT2D eigenvalue weighted by Gasteiger charge is 2.18. The van der Waals surface area contributed by atoms with E-state index >= 15 is 0 Å². The maximum absolute atomic E-state index is 11.0. The Balaban J connectivity index is 2.13. The van der Waals surface area contributed by atoms with Crippen molar-refractivity contribution >= 4 is 5.97 Å². The summed E-state index contributed by atoms with van der Waals surface area (Å²) in [7, 11) is 0. The van der Waals surface area contributed by atoms with E-state index in [-0.39, 0.29) is 0 Å². The molecule has 1 atom stereocenters. The van der Waals surface area contributed by atoms with Gasteiger partial charge in [0.15, 0.2) is 0 Å². The van der Waals surface area contributed by atoms with Gasteiger partial charge in [-0.25, -0.2) is 4.79 Å². The predicted molar refractivity (Wildman–Crippen MR) is 103 cm³/mol. The second-order valence-corrected chi connectivity index (χ2v) is 6.60. The van der Waals surface area contributed by atoms with Gasteiger partial charge in [-0.1, -0.05) is 62.7 Å². The number of nitrogens with zero attached hydrogens (tertiary/aromatic N) is 1. The molecule has 0 spiro atoms. The van der Waals surface area contributed by atoms with E-state index in [1.54, 1.807) is 12.1 Å². The quantitative estimate of drug-likeness (QED) is 0.661. The van der Waals surface area contributed by atoms with Crippen molar-refractivity contribution < 1.29 is 9.90 Å². The lowest BCUT2D eigenvalue weighted by Gasteiger charge is -2.32. The molecule has 0 aliphatic carbocycles. The molecule has 2 aromatic carbocycles. The van der Waals surface area contributed by atoms with Crippen LogP contribution < -0.4 is 0 Å². The second-order valence-electron chi connectivity index (χ2n) is 6.60. The molecule has 0 aliphatic heterocycles. The minimum Gasteiger partial charge on any atom is -0.478 e. The molecule has 3 nitrogen and oxygen atoms in total. The van der Waals surface area contributed by atoms with Gasteiger partial charge in [-0.15, -0.1) is 0 Å². The van der Waals surface area contributed by atoms with Gasteiger partial charge in [0, 0.05) is 12.6 Å². The highest BCUT2D eigenvalue weighted by Crippen LogP contribution is 2.18. The van der Waals surface area contributed by atoms with Gasteiger partial charge in [0.05, 0.1) is 5.56 Å². The SMILES string of the molecule is CCCC(Cc1ccccc1)N(CCC)Cc1ccc(C(=O)O)cc1. The van der Waals surface area contributed by atoms with Gasteiger partial charge in [-0.2, -0.15) is 0 Å². The Kier molecular flexibility index (Phi) is 7.68. The summed E-state index contributed by atoms with van der Waals surface area (Å²) in [5, 5.41) is 9.05.